The molecule has 30 heavy (non-hydrogen) atoms. The Labute approximate surface area is 182 Å². The molecule has 3 aromatic heterocycles. The zero-order valence-electron chi connectivity index (χ0n) is 16.3. The Morgan fingerprint density at radius 3 is 2.77 bits per heavy atom. The summed E-state index contributed by atoms with van der Waals surface area (Å²) in [5.41, 5.74) is 2.12. The van der Waals surface area contributed by atoms with Gasteiger partial charge < -0.3 is 5.32 Å². The van der Waals surface area contributed by atoms with E-state index in [9.17, 15) is 9.59 Å². The first-order valence-corrected chi connectivity index (χ1v) is 11.5. The van der Waals surface area contributed by atoms with Crippen LogP contribution in [0.25, 0.3) is 17.1 Å². The Kier molecular flexibility index (Phi) is 6.51. The molecule has 0 aliphatic heterocycles. The van der Waals surface area contributed by atoms with E-state index < -0.39 is 0 Å². The standard InChI is InChI=1S/C23H21N3O2S2/c27-22(25-13-3-1-9-19-10-6-14-29-19)18-8-5-7-17(15-18)20-16-30-23(28)26(20)21-11-2-4-12-24-21/h2,4-8,10-12,14-16H,1,3,9,13H2,(H,25,27). The average molecular weight is 436 g/mol. The van der Waals surface area contributed by atoms with Gasteiger partial charge in [0.05, 0.1) is 5.69 Å². The lowest BCUT2D eigenvalue weighted by Crippen LogP contribution is -2.24. The van der Waals surface area contributed by atoms with Gasteiger partial charge in [0.1, 0.15) is 5.82 Å². The van der Waals surface area contributed by atoms with Crippen molar-refractivity contribution in [3.8, 4) is 17.1 Å². The number of aryl methyl sites for hydroxylation is 1. The fraction of sp³-hybridized carbons (Fsp3) is 0.174. The van der Waals surface area contributed by atoms with Crippen molar-refractivity contribution in [3.63, 3.8) is 0 Å². The van der Waals surface area contributed by atoms with Gasteiger partial charge in [0.2, 0.25) is 0 Å². The van der Waals surface area contributed by atoms with Gasteiger partial charge in [-0.05, 0) is 55.0 Å². The second kappa shape index (κ2) is 9.65. The Balaban J connectivity index is 1.43. The van der Waals surface area contributed by atoms with Gasteiger partial charge in [0.15, 0.2) is 0 Å². The normalized spacial score (nSPS) is 10.8. The van der Waals surface area contributed by atoms with Crippen LogP contribution < -0.4 is 10.2 Å². The molecule has 5 nitrogen and oxygen atoms in total. The number of thiophene rings is 1. The van der Waals surface area contributed by atoms with Crippen molar-refractivity contribution in [3.05, 3.63) is 91.7 Å². The number of rotatable bonds is 8. The van der Waals surface area contributed by atoms with Gasteiger partial charge in [0.25, 0.3) is 5.91 Å². The highest BCUT2D eigenvalue weighted by atomic mass is 32.1. The minimum atomic E-state index is -0.107. The molecule has 1 N–H and O–H groups in total. The lowest BCUT2D eigenvalue weighted by atomic mass is 10.1. The fourth-order valence-corrected chi connectivity index (χ4v) is 4.72. The van der Waals surface area contributed by atoms with Gasteiger partial charge in [-0.25, -0.2) is 4.98 Å². The molecule has 0 atom stereocenters. The van der Waals surface area contributed by atoms with E-state index in [-0.39, 0.29) is 10.8 Å². The van der Waals surface area contributed by atoms with E-state index in [1.165, 1.54) is 4.88 Å². The largest absolute Gasteiger partial charge is 0.352 e. The van der Waals surface area contributed by atoms with Crippen LogP contribution >= 0.6 is 22.7 Å². The summed E-state index contributed by atoms with van der Waals surface area (Å²) in [6, 6.07) is 17.0. The number of aromatic nitrogens is 2. The maximum atomic E-state index is 12.6. The zero-order valence-corrected chi connectivity index (χ0v) is 17.9. The summed E-state index contributed by atoms with van der Waals surface area (Å²) in [7, 11) is 0. The highest BCUT2D eigenvalue weighted by Gasteiger charge is 2.13. The molecule has 7 heteroatoms. The molecule has 0 saturated heterocycles. The van der Waals surface area contributed by atoms with E-state index in [0.717, 1.165) is 41.9 Å². The average Bonchev–Trinajstić information content (AvgIpc) is 3.44. The van der Waals surface area contributed by atoms with Gasteiger partial charge in [-0.1, -0.05) is 35.6 Å². The summed E-state index contributed by atoms with van der Waals surface area (Å²) >= 11 is 2.89. The lowest BCUT2D eigenvalue weighted by molar-refractivity contribution is 0.0953. The van der Waals surface area contributed by atoms with Gasteiger partial charge in [-0.2, -0.15) is 0 Å². The molecule has 0 radical (unpaired) electrons. The van der Waals surface area contributed by atoms with Crippen LogP contribution in [-0.2, 0) is 6.42 Å². The van der Waals surface area contributed by atoms with Gasteiger partial charge >= 0.3 is 4.87 Å². The van der Waals surface area contributed by atoms with Crippen molar-refractivity contribution in [2.75, 3.05) is 6.54 Å². The van der Waals surface area contributed by atoms with Crippen molar-refractivity contribution in [1.29, 1.82) is 0 Å². The molecule has 3 heterocycles. The third-order valence-electron chi connectivity index (χ3n) is 4.71. The van der Waals surface area contributed by atoms with E-state index in [4.69, 9.17) is 0 Å². The van der Waals surface area contributed by atoms with E-state index in [2.05, 4.69) is 27.8 Å². The first kappa shape index (κ1) is 20.3. The number of thiazole rings is 1. The maximum Gasteiger partial charge on any atom is 0.313 e. The molecule has 4 aromatic rings. The van der Waals surface area contributed by atoms with Gasteiger partial charge in [-0.15, -0.1) is 11.3 Å². The number of nitrogens with one attached hydrogen (secondary N) is 1. The van der Waals surface area contributed by atoms with Gasteiger partial charge in [0, 0.05) is 34.1 Å². The number of unbranched alkanes of at least 4 members (excludes halogenated alkanes) is 1. The molecular weight excluding hydrogens is 414 g/mol. The second-order valence-corrected chi connectivity index (χ2v) is 8.64. The third-order valence-corrected chi connectivity index (χ3v) is 6.37. The molecule has 1 aromatic carbocycles. The monoisotopic (exact) mass is 435 g/mol. The summed E-state index contributed by atoms with van der Waals surface area (Å²) < 4.78 is 1.58. The summed E-state index contributed by atoms with van der Waals surface area (Å²) in [5, 5.41) is 6.89. The van der Waals surface area contributed by atoms with Crippen molar-refractivity contribution in [2.24, 2.45) is 0 Å². The topological polar surface area (TPSA) is 64.0 Å². The van der Waals surface area contributed by atoms with E-state index in [1.54, 1.807) is 39.6 Å². The van der Waals surface area contributed by atoms with Crippen molar-refractivity contribution in [1.82, 2.24) is 14.9 Å². The summed E-state index contributed by atoms with van der Waals surface area (Å²) in [4.78, 5) is 30.5. The molecule has 0 spiro atoms. The maximum absolute atomic E-state index is 12.6. The number of nitrogens with zero attached hydrogens (tertiary/aromatic N) is 2. The predicted molar refractivity (Wildman–Crippen MR) is 123 cm³/mol. The fourth-order valence-electron chi connectivity index (χ4n) is 3.21. The van der Waals surface area contributed by atoms with Crippen LogP contribution in [0.5, 0.6) is 0 Å². The predicted octanol–water partition coefficient (Wildman–Crippen LogP) is 4.78. The quantitative estimate of drug-likeness (QED) is 0.405. The molecule has 0 aliphatic rings. The molecule has 0 aliphatic carbocycles. The molecular formula is C23H21N3O2S2. The van der Waals surface area contributed by atoms with Crippen LogP contribution in [0.2, 0.25) is 0 Å². The van der Waals surface area contributed by atoms with Crippen LogP contribution in [0.4, 0.5) is 0 Å². The van der Waals surface area contributed by atoms with Crippen LogP contribution in [-0.4, -0.2) is 22.0 Å². The molecule has 4 rings (SSSR count). The minimum Gasteiger partial charge on any atom is -0.352 e. The van der Waals surface area contributed by atoms with Crippen molar-refractivity contribution < 1.29 is 4.79 Å². The minimum absolute atomic E-state index is 0.102. The number of carbonyl (C=O) groups is 1. The number of carbonyl (C=O) groups excluding carboxylic acids is 1. The lowest BCUT2D eigenvalue weighted by Gasteiger charge is -2.09. The summed E-state index contributed by atoms with van der Waals surface area (Å²) in [6.07, 6.45) is 4.69. The highest BCUT2D eigenvalue weighted by molar-refractivity contribution is 7.09. The Bertz CT molecular complexity index is 1160. The van der Waals surface area contributed by atoms with E-state index in [1.807, 2.05) is 30.3 Å². The Hall–Kier alpha value is -3.03. The van der Waals surface area contributed by atoms with Crippen molar-refractivity contribution in [2.45, 2.75) is 19.3 Å². The molecule has 0 fully saturated rings. The van der Waals surface area contributed by atoms with Crippen LogP contribution in [0.1, 0.15) is 28.1 Å². The third kappa shape index (κ3) is 4.75. The summed E-state index contributed by atoms with van der Waals surface area (Å²) in [6.45, 7) is 0.644. The Morgan fingerprint density at radius 1 is 1.03 bits per heavy atom. The smallest absolute Gasteiger partial charge is 0.313 e. The Morgan fingerprint density at radius 2 is 1.97 bits per heavy atom. The van der Waals surface area contributed by atoms with Crippen LogP contribution in [0, 0.1) is 0 Å². The van der Waals surface area contributed by atoms with E-state index >= 15 is 0 Å². The first-order chi connectivity index (χ1) is 14.7. The molecule has 152 valence electrons. The first-order valence-electron chi connectivity index (χ1n) is 9.75. The highest BCUT2D eigenvalue weighted by Crippen LogP contribution is 2.23. The van der Waals surface area contributed by atoms with Crippen molar-refractivity contribution >= 4 is 28.6 Å². The number of benzene rings is 1. The second-order valence-electron chi connectivity index (χ2n) is 6.78. The SMILES string of the molecule is O=C(NCCCCc1cccs1)c1cccc(-c2csc(=O)n2-c2ccccn2)c1. The summed E-state index contributed by atoms with van der Waals surface area (Å²) in [5.74, 6) is 0.467. The molecule has 1 amide bonds. The van der Waals surface area contributed by atoms with Crippen LogP contribution in [0.3, 0.4) is 0 Å². The van der Waals surface area contributed by atoms with E-state index in [0.29, 0.717) is 17.9 Å². The number of amides is 1. The number of hydrogen-bond acceptors (Lipinski definition) is 5. The number of pyridine rings is 1. The molecule has 0 bridgehead atoms. The zero-order chi connectivity index (χ0) is 20.8. The van der Waals surface area contributed by atoms with Gasteiger partial charge in [-0.3, -0.25) is 14.2 Å². The van der Waals surface area contributed by atoms with Crippen LogP contribution in [0.15, 0.2) is 76.3 Å². The number of hydrogen-bond donors (Lipinski definition) is 1. The molecule has 0 saturated carbocycles. The molecule has 0 unspecified atom stereocenters.